The average Bonchev–Trinajstić information content (AvgIpc) is 2.86. The lowest BCUT2D eigenvalue weighted by Gasteiger charge is -2.20. The fraction of sp³-hybridized carbons (Fsp3) is 0.643. The van der Waals surface area contributed by atoms with Crippen molar-refractivity contribution in [3.8, 4) is 0 Å². The van der Waals surface area contributed by atoms with Crippen LogP contribution in [0.2, 0.25) is 0 Å². The number of nitrogens with one attached hydrogen (secondary N) is 2. The summed E-state index contributed by atoms with van der Waals surface area (Å²) in [4.78, 5) is 5.46. The molecular weight excluding hydrogens is 385 g/mol. The van der Waals surface area contributed by atoms with E-state index < -0.39 is 5.60 Å². The van der Waals surface area contributed by atoms with E-state index in [0.717, 1.165) is 23.3 Å². The van der Waals surface area contributed by atoms with E-state index in [1.54, 1.807) is 11.3 Å². The minimum Gasteiger partial charge on any atom is -0.383 e. The molecule has 0 bridgehead atoms. The van der Waals surface area contributed by atoms with E-state index in [4.69, 9.17) is 0 Å². The van der Waals surface area contributed by atoms with Crippen LogP contribution in [-0.4, -0.2) is 30.2 Å². The molecule has 0 radical (unpaired) electrons. The van der Waals surface area contributed by atoms with Gasteiger partial charge in [-0.1, -0.05) is 13.0 Å². The molecule has 0 amide bonds. The van der Waals surface area contributed by atoms with E-state index in [9.17, 15) is 5.11 Å². The first-order valence-electron chi connectivity index (χ1n) is 6.84. The standard InChI is InChI=1S/C14H23N3OS.HI/c1-4-15-13(17-11-8-10(11)2)16-9-14(3,18)12-6-5-7-19-12;/h5-7,10-11,18H,4,8-9H2,1-3H3,(H2,15,16,17);1H. The summed E-state index contributed by atoms with van der Waals surface area (Å²) in [5.41, 5.74) is -0.897. The number of aliphatic imine (C=N–C) groups is 1. The molecule has 1 aromatic rings. The lowest BCUT2D eigenvalue weighted by molar-refractivity contribution is 0.0711. The number of hydrogen-bond donors (Lipinski definition) is 3. The van der Waals surface area contributed by atoms with Crippen molar-refractivity contribution >= 4 is 41.3 Å². The molecule has 3 unspecified atom stereocenters. The molecule has 6 heteroatoms. The van der Waals surface area contributed by atoms with Gasteiger partial charge >= 0.3 is 0 Å². The molecule has 1 aliphatic rings. The summed E-state index contributed by atoms with van der Waals surface area (Å²) in [6.45, 7) is 7.28. The summed E-state index contributed by atoms with van der Waals surface area (Å²) in [7, 11) is 0. The van der Waals surface area contributed by atoms with Crippen LogP contribution in [0.4, 0.5) is 0 Å². The Morgan fingerprint density at radius 2 is 2.30 bits per heavy atom. The van der Waals surface area contributed by atoms with Gasteiger partial charge in [0.2, 0.25) is 0 Å². The lowest BCUT2D eigenvalue weighted by atomic mass is 10.1. The normalized spacial score (nSPS) is 24.5. The summed E-state index contributed by atoms with van der Waals surface area (Å²) in [6.07, 6.45) is 1.20. The first kappa shape index (κ1) is 17.7. The van der Waals surface area contributed by atoms with Crippen molar-refractivity contribution in [2.24, 2.45) is 10.9 Å². The molecule has 20 heavy (non-hydrogen) atoms. The van der Waals surface area contributed by atoms with E-state index in [1.807, 2.05) is 31.4 Å². The molecule has 1 heterocycles. The number of halogens is 1. The maximum Gasteiger partial charge on any atom is 0.191 e. The van der Waals surface area contributed by atoms with Crippen molar-refractivity contribution in [2.75, 3.05) is 13.1 Å². The molecule has 1 saturated carbocycles. The molecule has 1 fully saturated rings. The minimum atomic E-state index is -0.897. The van der Waals surface area contributed by atoms with Crippen LogP contribution in [0.1, 0.15) is 32.1 Å². The maximum atomic E-state index is 10.4. The summed E-state index contributed by atoms with van der Waals surface area (Å²) in [5.74, 6) is 1.52. The largest absolute Gasteiger partial charge is 0.383 e. The summed E-state index contributed by atoms with van der Waals surface area (Å²) < 4.78 is 0. The Morgan fingerprint density at radius 3 is 2.80 bits per heavy atom. The summed E-state index contributed by atoms with van der Waals surface area (Å²) >= 11 is 1.56. The molecule has 1 aliphatic carbocycles. The molecule has 3 atom stereocenters. The SMILES string of the molecule is CCNC(=NCC(C)(O)c1cccs1)NC1CC1C.I. The van der Waals surface area contributed by atoms with E-state index in [0.29, 0.717) is 12.6 Å². The minimum absolute atomic E-state index is 0. The number of thiophene rings is 1. The monoisotopic (exact) mass is 409 g/mol. The van der Waals surface area contributed by atoms with Crippen LogP contribution in [0.25, 0.3) is 0 Å². The molecule has 0 spiro atoms. The number of nitrogens with zero attached hydrogens (tertiary/aromatic N) is 1. The van der Waals surface area contributed by atoms with Crippen molar-refractivity contribution in [2.45, 2.75) is 38.8 Å². The highest BCUT2D eigenvalue weighted by molar-refractivity contribution is 14.0. The predicted octanol–water partition coefficient (Wildman–Crippen LogP) is 2.54. The number of rotatable bonds is 5. The molecule has 114 valence electrons. The molecule has 4 nitrogen and oxygen atoms in total. The first-order chi connectivity index (χ1) is 9.03. The molecule has 0 saturated heterocycles. The van der Waals surface area contributed by atoms with Crippen LogP contribution in [0.5, 0.6) is 0 Å². The van der Waals surface area contributed by atoms with Gasteiger partial charge in [-0.05, 0) is 37.6 Å². The Bertz CT molecular complexity index is 434. The zero-order valence-electron chi connectivity index (χ0n) is 12.2. The predicted molar refractivity (Wildman–Crippen MR) is 96.0 cm³/mol. The van der Waals surface area contributed by atoms with Crippen LogP contribution in [0.15, 0.2) is 22.5 Å². The highest BCUT2D eigenvalue weighted by Gasteiger charge is 2.33. The smallest absolute Gasteiger partial charge is 0.191 e. The van der Waals surface area contributed by atoms with Gasteiger partial charge in [-0.2, -0.15) is 0 Å². The summed E-state index contributed by atoms with van der Waals surface area (Å²) in [5, 5.41) is 19.0. The average molecular weight is 409 g/mol. The molecule has 0 aromatic carbocycles. The van der Waals surface area contributed by atoms with Gasteiger partial charge in [0.25, 0.3) is 0 Å². The first-order valence-corrected chi connectivity index (χ1v) is 7.72. The second-order valence-corrected chi connectivity index (χ2v) is 6.36. The second kappa shape index (κ2) is 7.61. The molecule has 2 rings (SSSR count). The van der Waals surface area contributed by atoms with E-state index in [1.165, 1.54) is 6.42 Å². The molecule has 0 aliphatic heterocycles. The van der Waals surface area contributed by atoms with Gasteiger partial charge < -0.3 is 15.7 Å². The number of guanidine groups is 1. The Balaban J connectivity index is 0.00000200. The third-order valence-corrected chi connectivity index (χ3v) is 4.50. The highest BCUT2D eigenvalue weighted by Crippen LogP contribution is 2.29. The molecule has 1 aromatic heterocycles. The van der Waals surface area contributed by atoms with Crippen LogP contribution in [0, 0.1) is 5.92 Å². The third-order valence-electron chi connectivity index (χ3n) is 3.37. The molecule has 3 N–H and O–H groups in total. The van der Waals surface area contributed by atoms with Crippen LogP contribution < -0.4 is 10.6 Å². The van der Waals surface area contributed by atoms with Crippen molar-refractivity contribution < 1.29 is 5.11 Å². The van der Waals surface area contributed by atoms with Gasteiger partial charge in [0.1, 0.15) is 5.60 Å². The Hall–Kier alpha value is -0.340. The van der Waals surface area contributed by atoms with Crippen LogP contribution in [0.3, 0.4) is 0 Å². The molecular formula is C14H24IN3OS. The van der Waals surface area contributed by atoms with Crippen molar-refractivity contribution in [1.82, 2.24) is 10.6 Å². The second-order valence-electron chi connectivity index (χ2n) is 5.41. The quantitative estimate of drug-likeness (QED) is 0.398. The van der Waals surface area contributed by atoms with E-state index in [2.05, 4.69) is 22.5 Å². The number of aliphatic hydroxyl groups is 1. The van der Waals surface area contributed by atoms with Crippen molar-refractivity contribution in [1.29, 1.82) is 0 Å². The number of hydrogen-bond acceptors (Lipinski definition) is 3. The highest BCUT2D eigenvalue weighted by atomic mass is 127. The van der Waals surface area contributed by atoms with Gasteiger partial charge in [0.05, 0.1) is 6.54 Å². The topological polar surface area (TPSA) is 56.7 Å². The zero-order valence-corrected chi connectivity index (χ0v) is 15.4. The Kier molecular flexibility index (Phi) is 6.74. The lowest BCUT2D eigenvalue weighted by Crippen LogP contribution is -2.40. The Morgan fingerprint density at radius 1 is 1.60 bits per heavy atom. The Labute approximate surface area is 142 Å². The van der Waals surface area contributed by atoms with Crippen molar-refractivity contribution in [3.63, 3.8) is 0 Å². The van der Waals surface area contributed by atoms with E-state index >= 15 is 0 Å². The van der Waals surface area contributed by atoms with Gasteiger partial charge in [0.15, 0.2) is 5.96 Å². The maximum absolute atomic E-state index is 10.4. The van der Waals surface area contributed by atoms with Gasteiger partial charge in [-0.25, -0.2) is 4.99 Å². The zero-order chi connectivity index (χ0) is 13.9. The van der Waals surface area contributed by atoms with Gasteiger partial charge in [-0.3, -0.25) is 0 Å². The fourth-order valence-electron chi connectivity index (χ4n) is 1.91. The van der Waals surface area contributed by atoms with Crippen LogP contribution >= 0.6 is 35.3 Å². The van der Waals surface area contributed by atoms with Gasteiger partial charge in [-0.15, -0.1) is 35.3 Å². The van der Waals surface area contributed by atoms with E-state index in [-0.39, 0.29) is 24.0 Å². The summed E-state index contributed by atoms with van der Waals surface area (Å²) in [6, 6.07) is 4.43. The van der Waals surface area contributed by atoms with Gasteiger partial charge in [0, 0.05) is 17.5 Å². The third kappa shape index (κ3) is 4.89. The van der Waals surface area contributed by atoms with Crippen LogP contribution in [-0.2, 0) is 5.60 Å². The van der Waals surface area contributed by atoms with Crippen molar-refractivity contribution in [3.05, 3.63) is 22.4 Å². The fourth-order valence-corrected chi connectivity index (χ4v) is 2.69.